The highest BCUT2D eigenvalue weighted by Crippen LogP contribution is 2.38. The van der Waals surface area contributed by atoms with Gasteiger partial charge in [0.25, 0.3) is 0 Å². The van der Waals surface area contributed by atoms with Gasteiger partial charge in [0.2, 0.25) is 0 Å². The van der Waals surface area contributed by atoms with Crippen molar-refractivity contribution in [2.45, 2.75) is 19.4 Å². The Bertz CT molecular complexity index is 700. The number of halogens is 1. The van der Waals surface area contributed by atoms with Crippen LogP contribution in [0.3, 0.4) is 0 Å². The Hall–Kier alpha value is -1.84. The maximum absolute atomic E-state index is 6.45. The summed E-state index contributed by atoms with van der Waals surface area (Å²) < 4.78 is 6.00. The molecule has 0 bridgehead atoms. The summed E-state index contributed by atoms with van der Waals surface area (Å²) in [5, 5.41) is 0.663. The van der Waals surface area contributed by atoms with E-state index in [1.54, 1.807) is 0 Å². The Morgan fingerprint density at radius 3 is 2.83 bits per heavy atom. The fraction of sp³-hybridized carbons (Fsp3) is 0.316. The third kappa shape index (κ3) is 3.57. The summed E-state index contributed by atoms with van der Waals surface area (Å²) in [5.74, 6) is 0. The van der Waals surface area contributed by atoms with Gasteiger partial charge in [-0.2, -0.15) is 0 Å². The lowest BCUT2D eigenvalue weighted by Crippen LogP contribution is -2.17. The van der Waals surface area contributed by atoms with Gasteiger partial charge in [-0.05, 0) is 42.2 Å². The molecule has 0 fully saturated rings. The molecule has 0 spiro atoms. The predicted molar refractivity (Wildman–Crippen MR) is 95.8 cm³/mol. The average Bonchev–Trinajstić information content (AvgIpc) is 2.60. The second kappa shape index (κ2) is 7.16. The molecule has 120 valence electrons. The number of fused-ring (bicyclic) bond motifs is 1. The number of aliphatic imine (C=N–C) groups is 1. The first-order valence-electron chi connectivity index (χ1n) is 7.92. The standard InChI is InChI=1S/C19H21ClN2O/c1-3-22(2)13-21-18-11-15-9-10-23-19(16(15)12-17(18)20)14-7-5-4-6-8-14/h4-8,11-13,19H,3,9-10H2,1-2H3/b21-13+. The molecule has 23 heavy (non-hydrogen) atoms. The maximum atomic E-state index is 6.45. The highest BCUT2D eigenvalue weighted by atomic mass is 35.5. The predicted octanol–water partition coefficient (Wildman–Crippen LogP) is 4.61. The fourth-order valence-electron chi connectivity index (χ4n) is 2.70. The van der Waals surface area contributed by atoms with Crippen LogP contribution in [0.2, 0.25) is 5.02 Å². The van der Waals surface area contributed by atoms with Crippen molar-refractivity contribution in [3.05, 3.63) is 64.2 Å². The molecule has 0 saturated carbocycles. The first-order valence-corrected chi connectivity index (χ1v) is 8.30. The molecule has 1 aliphatic rings. The van der Waals surface area contributed by atoms with Crippen LogP contribution in [0, 0.1) is 0 Å². The van der Waals surface area contributed by atoms with Crippen LogP contribution in [0.25, 0.3) is 0 Å². The van der Waals surface area contributed by atoms with Gasteiger partial charge in [-0.3, -0.25) is 0 Å². The molecule has 1 atom stereocenters. The van der Waals surface area contributed by atoms with Gasteiger partial charge in [0, 0.05) is 13.6 Å². The summed E-state index contributed by atoms with van der Waals surface area (Å²) >= 11 is 6.45. The second-order valence-corrected chi connectivity index (χ2v) is 6.14. The molecule has 2 aromatic rings. The fourth-order valence-corrected chi connectivity index (χ4v) is 2.92. The van der Waals surface area contributed by atoms with Crippen molar-refractivity contribution in [3.63, 3.8) is 0 Å². The summed E-state index contributed by atoms with van der Waals surface area (Å²) in [6.07, 6.45) is 2.66. The molecule has 1 heterocycles. The van der Waals surface area contributed by atoms with E-state index < -0.39 is 0 Å². The molecule has 0 amide bonds. The van der Waals surface area contributed by atoms with E-state index in [2.05, 4.69) is 30.1 Å². The van der Waals surface area contributed by atoms with E-state index in [9.17, 15) is 0 Å². The van der Waals surface area contributed by atoms with Gasteiger partial charge >= 0.3 is 0 Å². The highest BCUT2D eigenvalue weighted by molar-refractivity contribution is 6.33. The summed E-state index contributed by atoms with van der Waals surface area (Å²) in [6.45, 7) is 3.71. The van der Waals surface area contributed by atoms with Gasteiger partial charge in [-0.25, -0.2) is 4.99 Å². The molecular formula is C19H21ClN2O. The van der Waals surface area contributed by atoms with E-state index in [1.807, 2.05) is 42.6 Å². The molecule has 0 saturated heterocycles. The second-order valence-electron chi connectivity index (χ2n) is 5.73. The number of hydrogen-bond acceptors (Lipinski definition) is 2. The normalized spacial score (nSPS) is 17.3. The molecule has 1 aliphatic heterocycles. The van der Waals surface area contributed by atoms with E-state index >= 15 is 0 Å². The topological polar surface area (TPSA) is 24.8 Å². The lowest BCUT2D eigenvalue weighted by atomic mass is 9.92. The Labute approximate surface area is 142 Å². The van der Waals surface area contributed by atoms with Gasteiger partial charge in [0.1, 0.15) is 6.10 Å². The highest BCUT2D eigenvalue weighted by Gasteiger charge is 2.23. The molecule has 3 rings (SSSR count). The number of hydrogen-bond donors (Lipinski definition) is 0. The smallest absolute Gasteiger partial charge is 0.108 e. The molecule has 0 radical (unpaired) electrons. The van der Waals surface area contributed by atoms with Crippen molar-refractivity contribution in [2.24, 2.45) is 4.99 Å². The first kappa shape index (κ1) is 16.0. The maximum Gasteiger partial charge on any atom is 0.108 e. The average molecular weight is 329 g/mol. The van der Waals surface area contributed by atoms with Crippen LogP contribution >= 0.6 is 11.6 Å². The minimum atomic E-state index is -0.0474. The van der Waals surface area contributed by atoms with E-state index in [-0.39, 0.29) is 6.10 Å². The molecule has 3 nitrogen and oxygen atoms in total. The quantitative estimate of drug-likeness (QED) is 0.604. The molecule has 0 aromatic heterocycles. The van der Waals surface area contributed by atoms with Crippen LogP contribution in [0.1, 0.15) is 29.7 Å². The van der Waals surface area contributed by atoms with Crippen molar-refractivity contribution in [1.82, 2.24) is 4.90 Å². The zero-order chi connectivity index (χ0) is 16.2. The summed E-state index contributed by atoms with van der Waals surface area (Å²) in [4.78, 5) is 6.53. The van der Waals surface area contributed by atoms with Crippen molar-refractivity contribution in [2.75, 3.05) is 20.2 Å². The third-order valence-electron chi connectivity index (χ3n) is 4.14. The molecule has 2 aromatic carbocycles. The monoisotopic (exact) mass is 328 g/mol. The van der Waals surface area contributed by atoms with Crippen LogP contribution in [0.15, 0.2) is 47.5 Å². The van der Waals surface area contributed by atoms with Crippen LogP contribution in [0.5, 0.6) is 0 Å². The Morgan fingerprint density at radius 1 is 1.30 bits per heavy atom. The van der Waals surface area contributed by atoms with E-state index in [0.29, 0.717) is 11.6 Å². The summed E-state index contributed by atoms with van der Waals surface area (Å²) in [5.41, 5.74) is 4.39. The van der Waals surface area contributed by atoms with E-state index in [1.165, 1.54) is 5.56 Å². The first-order chi connectivity index (χ1) is 11.2. The van der Waals surface area contributed by atoms with Crippen LogP contribution < -0.4 is 0 Å². The molecule has 0 N–H and O–H groups in total. The molecule has 0 aliphatic carbocycles. The van der Waals surface area contributed by atoms with Crippen LogP contribution in [-0.2, 0) is 11.2 Å². The Balaban J connectivity index is 1.96. The van der Waals surface area contributed by atoms with Crippen LogP contribution in [0.4, 0.5) is 5.69 Å². The number of ether oxygens (including phenoxy) is 1. The van der Waals surface area contributed by atoms with E-state index in [4.69, 9.17) is 16.3 Å². The largest absolute Gasteiger partial charge is 0.368 e. The SMILES string of the molecule is CCN(C)/C=N/c1cc2c(cc1Cl)C(c1ccccc1)OCC2. The number of rotatable bonds is 4. The van der Waals surface area contributed by atoms with Crippen molar-refractivity contribution >= 4 is 23.6 Å². The van der Waals surface area contributed by atoms with Gasteiger partial charge in [-0.1, -0.05) is 41.9 Å². The third-order valence-corrected chi connectivity index (χ3v) is 4.44. The zero-order valence-corrected chi connectivity index (χ0v) is 14.3. The molecular weight excluding hydrogens is 308 g/mol. The van der Waals surface area contributed by atoms with Crippen molar-refractivity contribution in [1.29, 1.82) is 0 Å². The number of nitrogens with zero attached hydrogens (tertiary/aromatic N) is 2. The molecule has 1 unspecified atom stereocenters. The van der Waals surface area contributed by atoms with Crippen molar-refractivity contribution in [3.8, 4) is 0 Å². The summed E-state index contributed by atoms with van der Waals surface area (Å²) in [6, 6.07) is 14.4. The van der Waals surface area contributed by atoms with Gasteiger partial charge in [-0.15, -0.1) is 0 Å². The lowest BCUT2D eigenvalue weighted by molar-refractivity contribution is 0.0699. The van der Waals surface area contributed by atoms with E-state index in [0.717, 1.165) is 29.8 Å². The van der Waals surface area contributed by atoms with Gasteiger partial charge < -0.3 is 9.64 Å². The number of benzene rings is 2. The minimum absolute atomic E-state index is 0.0474. The van der Waals surface area contributed by atoms with Crippen molar-refractivity contribution < 1.29 is 4.74 Å². The Morgan fingerprint density at radius 2 is 2.09 bits per heavy atom. The Kier molecular flexibility index (Phi) is 4.99. The minimum Gasteiger partial charge on any atom is -0.368 e. The van der Waals surface area contributed by atoms with Gasteiger partial charge in [0.15, 0.2) is 0 Å². The zero-order valence-electron chi connectivity index (χ0n) is 13.5. The van der Waals surface area contributed by atoms with Crippen LogP contribution in [-0.4, -0.2) is 31.4 Å². The lowest BCUT2D eigenvalue weighted by Gasteiger charge is -2.27. The van der Waals surface area contributed by atoms with Gasteiger partial charge in [0.05, 0.1) is 23.7 Å². The summed E-state index contributed by atoms with van der Waals surface area (Å²) in [7, 11) is 2.00. The molecule has 4 heteroatoms.